The van der Waals surface area contributed by atoms with E-state index in [0.29, 0.717) is 11.4 Å². The molecule has 2 aromatic carbocycles. The molecule has 3 nitrogen and oxygen atoms in total. The van der Waals surface area contributed by atoms with Crippen LogP contribution in [-0.2, 0) is 0 Å². The third-order valence-corrected chi connectivity index (χ3v) is 2.65. The van der Waals surface area contributed by atoms with Gasteiger partial charge in [0.15, 0.2) is 0 Å². The summed E-state index contributed by atoms with van der Waals surface area (Å²) in [6, 6.07) is 8.26. The van der Waals surface area contributed by atoms with Crippen molar-refractivity contribution >= 4 is 17.3 Å². The number of nitrogens with two attached hydrogens (primary N) is 1. The van der Waals surface area contributed by atoms with Gasteiger partial charge in [-0.3, -0.25) is 4.79 Å². The van der Waals surface area contributed by atoms with Crippen LogP contribution >= 0.6 is 0 Å². The Balaban J connectivity index is 2.34. The fraction of sp³-hybridized carbons (Fsp3) is 0.0714. The van der Waals surface area contributed by atoms with Gasteiger partial charge in [0.1, 0.15) is 17.2 Å². The summed E-state index contributed by atoms with van der Waals surface area (Å²) in [5.74, 6) is -2.69. The van der Waals surface area contributed by atoms with Crippen LogP contribution in [-0.4, -0.2) is 5.91 Å². The van der Waals surface area contributed by atoms with Gasteiger partial charge < -0.3 is 11.1 Å². The summed E-state index contributed by atoms with van der Waals surface area (Å²) in [6.07, 6.45) is 0. The molecule has 0 aliphatic carbocycles. The summed E-state index contributed by atoms with van der Waals surface area (Å²) in [5.41, 5.74) is 6.60. The van der Waals surface area contributed by atoms with Gasteiger partial charge in [-0.2, -0.15) is 0 Å². The van der Waals surface area contributed by atoms with Crippen molar-refractivity contribution in [1.82, 2.24) is 0 Å². The number of benzene rings is 2. The number of halogens is 2. The van der Waals surface area contributed by atoms with Crippen molar-refractivity contribution < 1.29 is 13.6 Å². The van der Waals surface area contributed by atoms with Crippen LogP contribution in [0.25, 0.3) is 0 Å². The van der Waals surface area contributed by atoms with E-state index in [2.05, 4.69) is 5.32 Å². The lowest BCUT2D eigenvalue weighted by atomic mass is 10.1. The Morgan fingerprint density at radius 2 is 1.79 bits per heavy atom. The van der Waals surface area contributed by atoms with E-state index in [9.17, 15) is 13.6 Å². The van der Waals surface area contributed by atoms with Gasteiger partial charge in [0.2, 0.25) is 0 Å². The highest BCUT2D eigenvalue weighted by molar-refractivity contribution is 6.06. The van der Waals surface area contributed by atoms with Crippen molar-refractivity contribution in [3.05, 3.63) is 59.2 Å². The average molecular weight is 262 g/mol. The predicted molar refractivity (Wildman–Crippen MR) is 69.9 cm³/mol. The second kappa shape index (κ2) is 5.06. The maximum absolute atomic E-state index is 13.5. The minimum absolute atomic E-state index is 0.327. The van der Waals surface area contributed by atoms with Gasteiger partial charge in [-0.25, -0.2) is 8.78 Å². The number of aryl methyl sites for hydroxylation is 1. The van der Waals surface area contributed by atoms with E-state index in [0.717, 1.165) is 17.7 Å². The molecule has 5 heteroatoms. The summed E-state index contributed by atoms with van der Waals surface area (Å²) in [5, 5.41) is 2.41. The lowest BCUT2D eigenvalue weighted by molar-refractivity contribution is 0.101. The van der Waals surface area contributed by atoms with Gasteiger partial charge in [-0.15, -0.1) is 0 Å². The van der Waals surface area contributed by atoms with Crippen LogP contribution in [0.1, 0.15) is 15.9 Å². The zero-order valence-electron chi connectivity index (χ0n) is 10.2. The Morgan fingerprint density at radius 3 is 2.42 bits per heavy atom. The first-order valence-electron chi connectivity index (χ1n) is 5.60. The Bertz CT molecular complexity index is 621. The van der Waals surface area contributed by atoms with E-state index < -0.39 is 23.1 Å². The van der Waals surface area contributed by atoms with E-state index in [-0.39, 0.29) is 0 Å². The fourth-order valence-electron chi connectivity index (χ4n) is 1.68. The maximum atomic E-state index is 13.5. The number of anilines is 2. The number of amides is 1. The standard InChI is InChI=1S/C14H12F2N2O/c1-8-5-6-11(17)12(7-8)18-14(19)13-9(15)3-2-4-10(13)16/h2-7H,17H2,1H3,(H,18,19). The van der Waals surface area contributed by atoms with Gasteiger partial charge in [-0.05, 0) is 36.8 Å². The molecule has 0 heterocycles. The summed E-state index contributed by atoms with van der Waals surface area (Å²) in [7, 11) is 0. The van der Waals surface area contributed by atoms with Crippen LogP contribution in [0.3, 0.4) is 0 Å². The first-order chi connectivity index (χ1) is 8.99. The molecule has 0 saturated carbocycles. The van der Waals surface area contributed by atoms with E-state index in [1.54, 1.807) is 18.2 Å². The molecule has 3 N–H and O–H groups in total. The fourth-order valence-corrected chi connectivity index (χ4v) is 1.68. The summed E-state index contributed by atoms with van der Waals surface area (Å²) in [4.78, 5) is 11.9. The average Bonchev–Trinajstić information content (AvgIpc) is 2.33. The zero-order chi connectivity index (χ0) is 14.0. The number of hydrogen-bond donors (Lipinski definition) is 2. The minimum atomic E-state index is -0.913. The number of nitrogens with one attached hydrogen (secondary N) is 1. The van der Waals surface area contributed by atoms with Crippen LogP contribution in [0, 0.1) is 18.6 Å². The van der Waals surface area contributed by atoms with Crippen molar-refractivity contribution in [2.45, 2.75) is 6.92 Å². The molecule has 2 aromatic rings. The molecule has 0 saturated heterocycles. The van der Waals surface area contributed by atoms with Gasteiger partial charge in [0.05, 0.1) is 11.4 Å². The zero-order valence-corrected chi connectivity index (χ0v) is 10.2. The quantitative estimate of drug-likeness (QED) is 0.817. The molecular formula is C14H12F2N2O. The lowest BCUT2D eigenvalue weighted by Gasteiger charge is -2.10. The van der Waals surface area contributed by atoms with Crippen LogP contribution < -0.4 is 11.1 Å². The van der Waals surface area contributed by atoms with Gasteiger partial charge in [0, 0.05) is 0 Å². The molecule has 0 radical (unpaired) electrons. The molecule has 0 unspecified atom stereocenters. The number of rotatable bonds is 2. The van der Waals surface area contributed by atoms with Crippen LogP contribution in [0.4, 0.5) is 20.2 Å². The lowest BCUT2D eigenvalue weighted by Crippen LogP contribution is -2.16. The van der Waals surface area contributed by atoms with Crippen molar-refractivity contribution in [1.29, 1.82) is 0 Å². The smallest absolute Gasteiger partial charge is 0.261 e. The first kappa shape index (κ1) is 13.0. The highest BCUT2D eigenvalue weighted by atomic mass is 19.1. The third kappa shape index (κ3) is 2.70. The molecule has 0 spiro atoms. The second-order valence-electron chi connectivity index (χ2n) is 4.14. The maximum Gasteiger partial charge on any atom is 0.261 e. The highest BCUT2D eigenvalue weighted by Crippen LogP contribution is 2.21. The monoisotopic (exact) mass is 262 g/mol. The van der Waals surface area contributed by atoms with Crippen molar-refractivity contribution in [2.24, 2.45) is 0 Å². The molecule has 0 bridgehead atoms. The largest absolute Gasteiger partial charge is 0.397 e. The Morgan fingerprint density at radius 1 is 1.16 bits per heavy atom. The second-order valence-corrected chi connectivity index (χ2v) is 4.14. The number of carbonyl (C=O) groups is 1. The van der Waals surface area contributed by atoms with E-state index in [1.165, 1.54) is 6.07 Å². The van der Waals surface area contributed by atoms with E-state index in [1.807, 2.05) is 6.92 Å². The van der Waals surface area contributed by atoms with Crippen LogP contribution in [0.15, 0.2) is 36.4 Å². The highest BCUT2D eigenvalue weighted by Gasteiger charge is 2.17. The molecule has 2 rings (SSSR count). The number of carbonyl (C=O) groups excluding carboxylic acids is 1. The Kier molecular flexibility index (Phi) is 3.46. The molecule has 0 aromatic heterocycles. The number of nitrogen functional groups attached to an aromatic ring is 1. The van der Waals surface area contributed by atoms with Crippen LogP contribution in [0.5, 0.6) is 0 Å². The summed E-state index contributed by atoms with van der Waals surface area (Å²) < 4.78 is 26.9. The Hall–Kier alpha value is -2.43. The molecular weight excluding hydrogens is 250 g/mol. The van der Waals surface area contributed by atoms with E-state index in [4.69, 9.17) is 5.73 Å². The molecule has 98 valence electrons. The molecule has 1 amide bonds. The number of hydrogen-bond acceptors (Lipinski definition) is 2. The van der Waals surface area contributed by atoms with Crippen molar-refractivity contribution in [3.63, 3.8) is 0 Å². The van der Waals surface area contributed by atoms with Gasteiger partial charge >= 0.3 is 0 Å². The molecule has 0 aliphatic rings. The molecule has 0 atom stereocenters. The van der Waals surface area contributed by atoms with Crippen LogP contribution in [0.2, 0.25) is 0 Å². The first-order valence-corrected chi connectivity index (χ1v) is 5.60. The van der Waals surface area contributed by atoms with Gasteiger partial charge in [0.25, 0.3) is 5.91 Å². The van der Waals surface area contributed by atoms with Crippen molar-refractivity contribution in [2.75, 3.05) is 11.1 Å². The normalized spacial score (nSPS) is 10.3. The molecule has 0 aliphatic heterocycles. The van der Waals surface area contributed by atoms with Crippen molar-refractivity contribution in [3.8, 4) is 0 Å². The summed E-state index contributed by atoms with van der Waals surface area (Å²) in [6.45, 7) is 1.82. The minimum Gasteiger partial charge on any atom is -0.397 e. The van der Waals surface area contributed by atoms with Gasteiger partial charge in [-0.1, -0.05) is 12.1 Å². The predicted octanol–water partition coefficient (Wildman–Crippen LogP) is 3.11. The summed E-state index contributed by atoms with van der Waals surface area (Å²) >= 11 is 0. The molecule has 0 fully saturated rings. The SMILES string of the molecule is Cc1ccc(N)c(NC(=O)c2c(F)cccc2F)c1. The molecule has 19 heavy (non-hydrogen) atoms. The third-order valence-electron chi connectivity index (χ3n) is 2.65. The van der Waals surface area contributed by atoms with E-state index >= 15 is 0 Å². The Labute approximate surface area is 109 Å². The topological polar surface area (TPSA) is 55.1 Å².